The predicted octanol–water partition coefficient (Wildman–Crippen LogP) is 2.88. The number of nitrogens with zero attached hydrogens (tertiary/aromatic N) is 4. The first-order valence-corrected chi connectivity index (χ1v) is 11.8. The number of aromatic nitrogens is 2. The van der Waals surface area contributed by atoms with Crippen molar-refractivity contribution in [2.24, 2.45) is 0 Å². The summed E-state index contributed by atoms with van der Waals surface area (Å²) < 4.78 is 7.54. The van der Waals surface area contributed by atoms with Gasteiger partial charge >= 0.3 is 5.97 Å². The second-order valence-corrected chi connectivity index (χ2v) is 8.82. The molecule has 0 unspecified atom stereocenters. The van der Waals surface area contributed by atoms with E-state index in [1.54, 1.807) is 24.4 Å². The van der Waals surface area contributed by atoms with Gasteiger partial charge in [-0.25, -0.2) is 4.79 Å². The molecule has 2 fully saturated rings. The van der Waals surface area contributed by atoms with E-state index in [1.165, 1.54) is 0 Å². The van der Waals surface area contributed by atoms with E-state index in [1.807, 2.05) is 41.1 Å². The van der Waals surface area contributed by atoms with Crippen LogP contribution >= 0.6 is 12.2 Å². The Bertz CT molecular complexity index is 1160. The molecule has 0 saturated carbocycles. The van der Waals surface area contributed by atoms with Gasteiger partial charge < -0.3 is 24.6 Å². The molecule has 176 valence electrons. The minimum absolute atomic E-state index is 0.105. The highest BCUT2D eigenvalue weighted by atomic mass is 32.1. The summed E-state index contributed by atoms with van der Waals surface area (Å²) in [5, 5.41) is 13.7. The van der Waals surface area contributed by atoms with Crippen LogP contribution in [0.15, 0.2) is 67.0 Å². The SMILES string of the molecule is O=C(O)c1cccc(-n2cccc2[C@H]2[C@@H](c3ccccn3)NC(=S)N2CCN2CCOCC2)c1. The summed E-state index contributed by atoms with van der Waals surface area (Å²) in [7, 11) is 0. The quantitative estimate of drug-likeness (QED) is 0.503. The summed E-state index contributed by atoms with van der Waals surface area (Å²) in [4.78, 5) is 20.8. The smallest absolute Gasteiger partial charge is 0.335 e. The zero-order chi connectivity index (χ0) is 23.5. The van der Waals surface area contributed by atoms with Crippen LogP contribution in [0.4, 0.5) is 0 Å². The van der Waals surface area contributed by atoms with Gasteiger partial charge in [0.05, 0.1) is 36.6 Å². The number of pyridine rings is 1. The average Bonchev–Trinajstić information content (AvgIpc) is 3.48. The third kappa shape index (κ3) is 4.54. The Hall–Kier alpha value is -3.27. The molecule has 0 aliphatic carbocycles. The van der Waals surface area contributed by atoms with E-state index in [9.17, 15) is 9.90 Å². The number of thiocarbonyl (C=S) groups is 1. The van der Waals surface area contributed by atoms with E-state index in [-0.39, 0.29) is 17.6 Å². The van der Waals surface area contributed by atoms with Crippen molar-refractivity contribution in [3.63, 3.8) is 0 Å². The second-order valence-electron chi connectivity index (χ2n) is 8.43. The molecule has 2 atom stereocenters. The minimum atomic E-state index is -0.947. The topological polar surface area (TPSA) is 82.9 Å². The van der Waals surface area contributed by atoms with E-state index in [2.05, 4.69) is 26.2 Å². The van der Waals surface area contributed by atoms with Crippen molar-refractivity contribution in [1.29, 1.82) is 0 Å². The van der Waals surface area contributed by atoms with Crippen LogP contribution in [0.5, 0.6) is 0 Å². The predicted molar refractivity (Wildman–Crippen MR) is 132 cm³/mol. The molecule has 3 aromatic rings. The van der Waals surface area contributed by atoms with Crippen molar-refractivity contribution in [2.45, 2.75) is 12.1 Å². The highest BCUT2D eigenvalue weighted by Crippen LogP contribution is 2.39. The largest absolute Gasteiger partial charge is 0.478 e. The summed E-state index contributed by atoms with van der Waals surface area (Å²) >= 11 is 5.81. The van der Waals surface area contributed by atoms with Gasteiger partial charge in [-0.05, 0) is 54.7 Å². The molecule has 0 spiro atoms. The van der Waals surface area contributed by atoms with Crippen LogP contribution in [0.25, 0.3) is 5.69 Å². The number of aromatic carboxylic acids is 1. The van der Waals surface area contributed by atoms with Gasteiger partial charge in [-0.15, -0.1) is 0 Å². The third-order valence-corrected chi connectivity index (χ3v) is 6.77. The number of hydrogen-bond donors (Lipinski definition) is 2. The van der Waals surface area contributed by atoms with Crippen molar-refractivity contribution < 1.29 is 14.6 Å². The van der Waals surface area contributed by atoms with Gasteiger partial charge in [0.15, 0.2) is 5.11 Å². The van der Waals surface area contributed by atoms with Crippen LogP contribution in [0, 0.1) is 0 Å². The first-order chi connectivity index (χ1) is 16.6. The lowest BCUT2D eigenvalue weighted by atomic mass is 10.0. The Kier molecular flexibility index (Phi) is 6.57. The van der Waals surface area contributed by atoms with Gasteiger partial charge in [0.1, 0.15) is 0 Å². The molecule has 1 aromatic carbocycles. The molecule has 2 N–H and O–H groups in total. The molecule has 34 heavy (non-hydrogen) atoms. The molecule has 2 aromatic heterocycles. The zero-order valence-corrected chi connectivity index (χ0v) is 19.5. The van der Waals surface area contributed by atoms with Gasteiger partial charge in [-0.2, -0.15) is 0 Å². The Morgan fingerprint density at radius 2 is 1.97 bits per heavy atom. The van der Waals surface area contributed by atoms with E-state index in [0.717, 1.165) is 56.5 Å². The van der Waals surface area contributed by atoms with Crippen molar-refractivity contribution >= 4 is 23.3 Å². The first-order valence-electron chi connectivity index (χ1n) is 11.4. The molecule has 2 aliphatic rings. The number of carbonyl (C=O) groups is 1. The fourth-order valence-electron chi connectivity index (χ4n) is 4.70. The Morgan fingerprint density at radius 3 is 2.74 bits per heavy atom. The van der Waals surface area contributed by atoms with Gasteiger partial charge in [0, 0.05) is 50.0 Å². The van der Waals surface area contributed by atoms with Crippen LogP contribution < -0.4 is 5.32 Å². The zero-order valence-electron chi connectivity index (χ0n) is 18.7. The highest BCUT2D eigenvalue weighted by Gasteiger charge is 2.41. The molecule has 9 heteroatoms. The fraction of sp³-hybridized carbons (Fsp3) is 0.320. The number of carboxylic acid groups (broad SMARTS) is 1. The van der Waals surface area contributed by atoms with E-state index < -0.39 is 5.97 Å². The molecular formula is C25H27N5O3S. The number of benzene rings is 1. The average molecular weight is 478 g/mol. The maximum absolute atomic E-state index is 11.6. The van der Waals surface area contributed by atoms with Crippen molar-refractivity contribution in [2.75, 3.05) is 39.4 Å². The maximum atomic E-state index is 11.6. The summed E-state index contributed by atoms with van der Waals surface area (Å²) in [5.74, 6) is -0.947. The molecule has 2 saturated heterocycles. The molecule has 8 nitrogen and oxygen atoms in total. The maximum Gasteiger partial charge on any atom is 0.335 e. The van der Waals surface area contributed by atoms with Crippen molar-refractivity contribution in [3.05, 3.63) is 83.9 Å². The molecule has 0 bridgehead atoms. The first kappa shape index (κ1) is 22.5. The Labute approximate surface area is 203 Å². The highest BCUT2D eigenvalue weighted by molar-refractivity contribution is 7.80. The van der Waals surface area contributed by atoms with Crippen LogP contribution in [0.3, 0.4) is 0 Å². The number of morpholine rings is 1. The van der Waals surface area contributed by atoms with E-state index in [4.69, 9.17) is 17.0 Å². The van der Waals surface area contributed by atoms with Crippen LogP contribution in [-0.2, 0) is 4.74 Å². The summed E-state index contributed by atoms with van der Waals surface area (Å²) in [6.07, 6.45) is 3.76. The minimum Gasteiger partial charge on any atom is -0.478 e. The van der Waals surface area contributed by atoms with Crippen LogP contribution in [0.2, 0.25) is 0 Å². The van der Waals surface area contributed by atoms with Gasteiger partial charge in [0.2, 0.25) is 0 Å². The van der Waals surface area contributed by atoms with Gasteiger partial charge in [0.25, 0.3) is 0 Å². The molecule has 0 amide bonds. The molecule has 5 rings (SSSR count). The number of rotatable bonds is 7. The second kappa shape index (κ2) is 9.92. The summed E-state index contributed by atoms with van der Waals surface area (Å²) in [6, 6.07) is 16.7. The molecule has 0 radical (unpaired) electrons. The Morgan fingerprint density at radius 1 is 1.12 bits per heavy atom. The van der Waals surface area contributed by atoms with Crippen LogP contribution in [-0.4, -0.2) is 74.9 Å². The summed E-state index contributed by atoms with van der Waals surface area (Å²) in [6.45, 7) is 4.99. The van der Waals surface area contributed by atoms with Crippen molar-refractivity contribution in [1.82, 2.24) is 24.7 Å². The van der Waals surface area contributed by atoms with Crippen molar-refractivity contribution in [3.8, 4) is 5.69 Å². The monoisotopic (exact) mass is 477 g/mol. The number of hydrogen-bond acceptors (Lipinski definition) is 5. The van der Waals surface area contributed by atoms with Gasteiger partial charge in [-0.3, -0.25) is 9.88 Å². The van der Waals surface area contributed by atoms with E-state index >= 15 is 0 Å². The van der Waals surface area contributed by atoms with Gasteiger partial charge in [-0.1, -0.05) is 12.1 Å². The molecule has 4 heterocycles. The lowest BCUT2D eigenvalue weighted by Crippen LogP contribution is -2.42. The molecular weight excluding hydrogens is 450 g/mol. The number of carboxylic acids is 1. The van der Waals surface area contributed by atoms with E-state index in [0.29, 0.717) is 5.11 Å². The third-order valence-electron chi connectivity index (χ3n) is 6.41. The lowest BCUT2D eigenvalue weighted by molar-refractivity contribution is 0.0349. The Balaban J connectivity index is 1.51. The van der Waals surface area contributed by atoms with Crippen LogP contribution in [0.1, 0.15) is 33.8 Å². The number of ether oxygens (including phenoxy) is 1. The fourth-order valence-corrected chi connectivity index (χ4v) is 5.03. The number of nitrogens with one attached hydrogen (secondary N) is 1. The normalized spacial score (nSPS) is 20.9. The lowest BCUT2D eigenvalue weighted by Gasteiger charge is -2.32. The summed E-state index contributed by atoms with van der Waals surface area (Å²) in [5.41, 5.74) is 2.98. The molecule has 2 aliphatic heterocycles. The standard InChI is InChI=1S/C25H27N5O3S/c31-24(32)18-5-3-6-19(17-18)29-10-4-8-21(29)23-22(20-7-1-2-9-26-20)27-25(34)30(23)12-11-28-13-15-33-16-14-28/h1-10,17,22-23H,11-16H2,(H,27,34)(H,31,32)/t22-,23+/m1/s1.